The van der Waals surface area contributed by atoms with E-state index in [9.17, 15) is 23.6 Å². The number of hydrogen-bond acceptors (Lipinski definition) is 5. The fourth-order valence-electron chi connectivity index (χ4n) is 2.33. The van der Waals surface area contributed by atoms with Crippen LogP contribution in [0.4, 0.5) is 5.69 Å². The van der Waals surface area contributed by atoms with Gasteiger partial charge in [0.25, 0.3) is 5.69 Å². The van der Waals surface area contributed by atoms with Crippen molar-refractivity contribution in [3.63, 3.8) is 0 Å². The average Bonchev–Trinajstić information content (AvgIpc) is 2.38. The molecule has 1 aliphatic heterocycles. The van der Waals surface area contributed by atoms with Crippen LogP contribution in [0.1, 0.15) is 18.4 Å². The second-order valence-corrected chi connectivity index (χ2v) is 6.69. The number of aliphatic hydroxyl groups excluding tert-OH is 1. The van der Waals surface area contributed by atoms with Crippen molar-refractivity contribution in [2.75, 3.05) is 13.1 Å². The fraction of sp³-hybridized carbons (Fsp3) is 0.500. The van der Waals surface area contributed by atoms with Crippen molar-refractivity contribution < 1.29 is 18.4 Å². The van der Waals surface area contributed by atoms with Gasteiger partial charge in [0.1, 0.15) is 0 Å². The lowest BCUT2D eigenvalue weighted by molar-refractivity contribution is -0.387. The maximum atomic E-state index is 12.6. The van der Waals surface area contributed by atoms with Crippen LogP contribution in [0, 0.1) is 17.0 Å². The van der Waals surface area contributed by atoms with Gasteiger partial charge in [-0.3, -0.25) is 10.1 Å². The van der Waals surface area contributed by atoms with Crippen molar-refractivity contribution in [3.8, 4) is 0 Å². The van der Waals surface area contributed by atoms with Crippen LogP contribution in [0.25, 0.3) is 0 Å². The molecule has 0 spiro atoms. The highest BCUT2D eigenvalue weighted by Gasteiger charge is 2.35. The number of nitro groups is 1. The SMILES string of the molecule is Cc1cccc([N+](=O)[O-])c1S(=O)(=O)N1CCC(O)CC1. The van der Waals surface area contributed by atoms with E-state index in [-0.39, 0.29) is 18.0 Å². The number of benzene rings is 1. The lowest BCUT2D eigenvalue weighted by Gasteiger charge is -2.29. The van der Waals surface area contributed by atoms with Gasteiger partial charge in [-0.15, -0.1) is 0 Å². The van der Waals surface area contributed by atoms with Crippen LogP contribution in [-0.4, -0.2) is 41.9 Å². The minimum Gasteiger partial charge on any atom is -0.393 e. The van der Waals surface area contributed by atoms with E-state index in [4.69, 9.17) is 0 Å². The first-order valence-electron chi connectivity index (χ1n) is 6.26. The molecule has 1 saturated heterocycles. The summed E-state index contributed by atoms with van der Waals surface area (Å²) in [4.78, 5) is 10.1. The smallest absolute Gasteiger partial charge is 0.289 e. The Labute approximate surface area is 117 Å². The van der Waals surface area contributed by atoms with Gasteiger partial charge in [-0.1, -0.05) is 12.1 Å². The summed E-state index contributed by atoms with van der Waals surface area (Å²) in [6.45, 7) is 1.89. The number of sulfonamides is 1. The molecule has 0 amide bonds. The summed E-state index contributed by atoms with van der Waals surface area (Å²) in [5, 5.41) is 20.5. The Morgan fingerprint density at radius 3 is 2.50 bits per heavy atom. The van der Waals surface area contributed by atoms with Crippen molar-refractivity contribution in [2.45, 2.75) is 30.8 Å². The van der Waals surface area contributed by atoms with Crippen LogP contribution >= 0.6 is 0 Å². The molecular formula is C12H16N2O5S. The monoisotopic (exact) mass is 300 g/mol. The maximum Gasteiger partial charge on any atom is 0.289 e. The van der Waals surface area contributed by atoms with Crippen LogP contribution < -0.4 is 0 Å². The first-order valence-corrected chi connectivity index (χ1v) is 7.70. The van der Waals surface area contributed by atoms with Crippen molar-refractivity contribution in [2.24, 2.45) is 0 Å². The van der Waals surface area contributed by atoms with E-state index in [2.05, 4.69) is 0 Å². The Morgan fingerprint density at radius 1 is 1.35 bits per heavy atom. The number of aliphatic hydroxyl groups is 1. The van der Waals surface area contributed by atoms with Crippen molar-refractivity contribution in [1.82, 2.24) is 4.31 Å². The van der Waals surface area contributed by atoms with E-state index < -0.39 is 26.7 Å². The van der Waals surface area contributed by atoms with E-state index in [0.717, 1.165) is 0 Å². The lowest BCUT2D eigenvalue weighted by Crippen LogP contribution is -2.40. The molecule has 110 valence electrons. The third-order valence-electron chi connectivity index (χ3n) is 3.41. The zero-order valence-corrected chi connectivity index (χ0v) is 11.8. The third-order valence-corrected chi connectivity index (χ3v) is 5.50. The molecule has 1 N–H and O–H groups in total. The normalized spacial score (nSPS) is 18.1. The van der Waals surface area contributed by atoms with E-state index in [1.165, 1.54) is 16.4 Å². The van der Waals surface area contributed by atoms with E-state index in [1.807, 2.05) is 0 Å². The second-order valence-electron chi connectivity index (χ2n) is 4.82. The number of nitrogens with zero attached hydrogens (tertiary/aromatic N) is 2. The molecule has 0 saturated carbocycles. The summed E-state index contributed by atoms with van der Waals surface area (Å²) in [5.74, 6) is 0. The summed E-state index contributed by atoms with van der Waals surface area (Å²) in [7, 11) is -3.91. The Bertz CT molecular complexity index is 621. The topological polar surface area (TPSA) is 101 Å². The molecular weight excluding hydrogens is 284 g/mol. The van der Waals surface area contributed by atoms with Gasteiger partial charge in [0.05, 0.1) is 11.0 Å². The molecule has 0 aliphatic carbocycles. The second kappa shape index (κ2) is 5.47. The van der Waals surface area contributed by atoms with Gasteiger partial charge in [-0.05, 0) is 25.3 Å². The molecule has 0 radical (unpaired) electrons. The molecule has 0 atom stereocenters. The summed E-state index contributed by atoms with van der Waals surface area (Å²) in [6.07, 6.45) is 0.186. The summed E-state index contributed by atoms with van der Waals surface area (Å²) in [5.41, 5.74) is -0.0542. The zero-order valence-electron chi connectivity index (χ0n) is 11.0. The predicted molar refractivity (Wildman–Crippen MR) is 71.8 cm³/mol. The molecule has 1 aliphatic rings. The maximum absolute atomic E-state index is 12.6. The molecule has 1 aromatic carbocycles. The minimum atomic E-state index is -3.91. The predicted octanol–water partition coefficient (Wildman–Crippen LogP) is 1.05. The first-order chi connectivity index (χ1) is 9.34. The number of aryl methyl sites for hydroxylation is 1. The highest BCUT2D eigenvalue weighted by Crippen LogP contribution is 2.31. The number of rotatable bonds is 3. The van der Waals surface area contributed by atoms with E-state index >= 15 is 0 Å². The fourth-order valence-corrected chi connectivity index (χ4v) is 4.16. The minimum absolute atomic E-state index is 0.176. The van der Waals surface area contributed by atoms with Crippen LogP contribution in [0.3, 0.4) is 0 Å². The van der Waals surface area contributed by atoms with E-state index in [0.29, 0.717) is 18.4 Å². The van der Waals surface area contributed by atoms with Crippen LogP contribution in [0.15, 0.2) is 23.1 Å². The lowest BCUT2D eigenvalue weighted by atomic mass is 10.1. The van der Waals surface area contributed by atoms with Gasteiger partial charge in [0.15, 0.2) is 4.90 Å². The van der Waals surface area contributed by atoms with Crippen LogP contribution in [0.2, 0.25) is 0 Å². The average molecular weight is 300 g/mol. The van der Waals surface area contributed by atoms with E-state index in [1.54, 1.807) is 13.0 Å². The number of nitro benzene ring substituents is 1. The quantitative estimate of drug-likeness (QED) is 0.664. The number of hydrogen-bond donors (Lipinski definition) is 1. The Balaban J connectivity index is 2.47. The van der Waals surface area contributed by atoms with Crippen LogP contribution in [0.5, 0.6) is 0 Å². The van der Waals surface area contributed by atoms with Crippen molar-refractivity contribution in [3.05, 3.63) is 33.9 Å². The highest BCUT2D eigenvalue weighted by molar-refractivity contribution is 7.89. The molecule has 20 heavy (non-hydrogen) atoms. The number of piperidine rings is 1. The summed E-state index contributed by atoms with van der Waals surface area (Å²) >= 11 is 0. The third kappa shape index (κ3) is 2.67. The van der Waals surface area contributed by atoms with Crippen molar-refractivity contribution in [1.29, 1.82) is 0 Å². The van der Waals surface area contributed by atoms with Crippen LogP contribution in [-0.2, 0) is 10.0 Å². The Morgan fingerprint density at radius 2 is 1.95 bits per heavy atom. The molecule has 1 fully saturated rings. The highest BCUT2D eigenvalue weighted by atomic mass is 32.2. The van der Waals surface area contributed by atoms with Gasteiger partial charge in [-0.2, -0.15) is 4.31 Å². The van der Waals surface area contributed by atoms with Gasteiger partial charge in [0, 0.05) is 19.2 Å². The van der Waals surface area contributed by atoms with Crippen molar-refractivity contribution >= 4 is 15.7 Å². The first kappa shape index (κ1) is 14.9. The Hall–Kier alpha value is -1.51. The Kier molecular flexibility index (Phi) is 4.07. The van der Waals surface area contributed by atoms with Gasteiger partial charge in [0.2, 0.25) is 10.0 Å². The molecule has 8 heteroatoms. The standard InChI is InChI=1S/C12H16N2O5S/c1-9-3-2-4-11(14(16)17)12(9)20(18,19)13-7-5-10(15)6-8-13/h2-4,10,15H,5-8H2,1H3. The molecule has 2 rings (SSSR count). The molecule has 1 heterocycles. The molecule has 0 aromatic heterocycles. The zero-order chi connectivity index (χ0) is 14.9. The largest absolute Gasteiger partial charge is 0.393 e. The summed E-state index contributed by atoms with van der Waals surface area (Å²) < 4.78 is 26.4. The molecule has 1 aromatic rings. The molecule has 0 bridgehead atoms. The van der Waals surface area contributed by atoms with Gasteiger partial charge >= 0.3 is 0 Å². The van der Waals surface area contributed by atoms with Gasteiger partial charge < -0.3 is 5.11 Å². The molecule has 7 nitrogen and oxygen atoms in total. The molecule has 0 unspecified atom stereocenters. The van der Waals surface area contributed by atoms with Gasteiger partial charge in [-0.25, -0.2) is 8.42 Å². The summed E-state index contributed by atoms with van der Waals surface area (Å²) in [6, 6.07) is 4.20.